The van der Waals surface area contributed by atoms with Crippen LogP contribution in [0.3, 0.4) is 0 Å². The van der Waals surface area contributed by atoms with E-state index in [1.807, 2.05) is 0 Å². The van der Waals surface area contributed by atoms with Crippen molar-refractivity contribution >= 4 is 37.6 Å². The Kier molecular flexibility index (Phi) is 4.34. The van der Waals surface area contributed by atoms with Crippen LogP contribution in [0.2, 0.25) is 0 Å². The number of carbonyl (C=O) groups is 1. The number of nitrogens with one attached hydrogen (secondary N) is 1. The van der Waals surface area contributed by atoms with Crippen molar-refractivity contribution in [2.45, 2.75) is 11.8 Å². The molecule has 2 rings (SSSR count). The molecule has 0 amide bonds. The summed E-state index contributed by atoms with van der Waals surface area (Å²) in [4.78, 5) is 10.8. The molecule has 5 nitrogen and oxygen atoms in total. The maximum Gasteiger partial charge on any atom is 0.261 e. The smallest absolute Gasteiger partial charge is 0.261 e. The molecule has 0 heterocycles. The lowest BCUT2D eigenvalue weighted by molar-refractivity contribution is -0.255. The predicted octanol–water partition coefficient (Wildman–Crippen LogP) is 1.92. The highest BCUT2D eigenvalue weighted by molar-refractivity contribution is 9.10. The molecule has 2 aromatic carbocycles. The van der Waals surface area contributed by atoms with Crippen LogP contribution in [0, 0.1) is 6.92 Å². The maximum absolute atomic E-state index is 12.2. The third-order valence-corrected chi connectivity index (χ3v) is 5.08. The van der Waals surface area contributed by atoms with E-state index >= 15 is 0 Å². The van der Waals surface area contributed by atoms with E-state index in [0.29, 0.717) is 0 Å². The Morgan fingerprint density at radius 2 is 1.76 bits per heavy atom. The summed E-state index contributed by atoms with van der Waals surface area (Å²) in [7, 11) is -3.72. The van der Waals surface area contributed by atoms with Crippen molar-refractivity contribution in [3.8, 4) is 0 Å². The Bertz CT molecular complexity index is 785. The molecule has 0 saturated heterocycles. The van der Waals surface area contributed by atoms with Crippen LogP contribution in [-0.2, 0) is 10.0 Å². The highest BCUT2D eigenvalue weighted by Gasteiger charge is 2.15. The number of carboxylic acids is 1. The van der Waals surface area contributed by atoms with Gasteiger partial charge in [0.05, 0.1) is 10.9 Å². The highest BCUT2D eigenvalue weighted by atomic mass is 79.9. The number of anilines is 1. The average molecular weight is 369 g/mol. The SMILES string of the molecule is Cc1cc(S(=O)(=O)Nc2ccc(C(=O)[O-])cc2)ccc1Br. The quantitative estimate of drug-likeness (QED) is 0.892. The Morgan fingerprint density at radius 3 is 2.29 bits per heavy atom. The molecule has 0 fully saturated rings. The van der Waals surface area contributed by atoms with Crippen LogP contribution in [0.5, 0.6) is 0 Å². The minimum Gasteiger partial charge on any atom is -0.545 e. The number of benzene rings is 2. The maximum atomic E-state index is 12.2. The molecule has 7 heteroatoms. The summed E-state index contributed by atoms with van der Waals surface area (Å²) in [6.07, 6.45) is 0. The fraction of sp³-hybridized carbons (Fsp3) is 0.0714. The molecular weight excluding hydrogens is 358 g/mol. The standard InChI is InChI=1S/C14H12BrNO4S/c1-9-8-12(6-7-13(9)15)21(19,20)16-11-4-2-10(3-5-11)14(17)18/h2-8,16H,1H3,(H,17,18)/p-1. The highest BCUT2D eigenvalue weighted by Crippen LogP contribution is 2.22. The molecule has 0 aliphatic heterocycles. The summed E-state index contributed by atoms with van der Waals surface area (Å²) in [5, 5.41) is 10.6. The van der Waals surface area contributed by atoms with Crippen molar-refractivity contribution in [2.24, 2.45) is 0 Å². The van der Waals surface area contributed by atoms with Crippen LogP contribution in [0.4, 0.5) is 5.69 Å². The first-order valence-corrected chi connectivity index (χ1v) is 8.17. The van der Waals surface area contributed by atoms with Gasteiger partial charge in [-0.2, -0.15) is 0 Å². The lowest BCUT2D eigenvalue weighted by atomic mass is 10.2. The normalized spacial score (nSPS) is 11.1. The molecule has 0 aliphatic carbocycles. The second-order valence-corrected chi connectivity index (χ2v) is 6.92. The van der Waals surface area contributed by atoms with Gasteiger partial charge < -0.3 is 9.90 Å². The number of hydrogen-bond acceptors (Lipinski definition) is 4. The van der Waals surface area contributed by atoms with Crippen molar-refractivity contribution in [3.63, 3.8) is 0 Å². The molecular formula is C14H11BrNO4S-. The summed E-state index contributed by atoms with van der Waals surface area (Å²) >= 11 is 3.31. The van der Waals surface area contributed by atoms with Crippen LogP contribution in [0.15, 0.2) is 51.8 Å². The number of sulfonamides is 1. The molecule has 0 atom stereocenters. The number of aryl methyl sites for hydroxylation is 1. The molecule has 110 valence electrons. The van der Waals surface area contributed by atoms with Crippen molar-refractivity contribution in [2.75, 3.05) is 4.72 Å². The van der Waals surface area contributed by atoms with E-state index in [1.54, 1.807) is 19.1 Å². The summed E-state index contributed by atoms with van der Waals surface area (Å²) in [6, 6.07) is 9.98. The number of halogens is 1. The van der Waals surface area contributed by atoms with Crippen LogP contribution < -0.4 is 9.83 Å². The second kappa shape index (κ2) is 5.87. The fourth-order valence-electron chi connectivity index (χ4n) is 1.67. The number of carbonyl (C=O) groups excluding carboxylic acids is 1. The van der Waals surface area contributed by atoms with Gasteiger partial charge in [0.15, 0.2) is 0 Å². The molecule has 0 bridgehead atoms. The molecule has 0 radical (unpaired) electrons. The van der Waals surface area contributed by atoms with Crippen molar-refractivity contribution in [1.29, 1.82) is 0 Å². The van der Waals surface area contributed by atoms with Gasteiger partial charge in [0.1, 0.15) is 0 Å². The van der Waals surface area contributed by atoms with E-state index in [1.165, 1.54) is 30.3 Å². The Labute approximate surface area is 130 Å². The molecule has 0 aromatic heterocycles. The van der Waals surface area contributed by atoms with Crippen LogP contribution >= 0.6 is 15.9 Å². The van der Waals surface area contributed by atoms with Crippen LogP contribution in [0.25, 0.3) is 0 Å². The number of rotatable bonds is 4. The molecule has 0 saturated carbocycles. The van der Waals surface area contributed by atoms with Gasteiger partial charge >= 0.3 is 0 Å². The van der Waals surface area contributed by atoms with E-state index in [9.17, 15) is 18.3 Å². The van der Waals surface area contributed by atoms with E-state index < -0.39 is 16.0 Å². The number of hydrogen-bond donors (Lipinski definition) is 1. The zero-order valence-electron chi connectivity index (χ0n) is 11.0. The van der Waals surface area contributed by atoms with Gasteiger partial charge in [0.25, 0.3) is 10.0 Å². The zero-order valence-corrected chi connectivity index (χ0v) is 13.4. The molecule has 1 N–H and O–H groups in total. The van der Waals surface area contributed by atoms with Gasteiger partial charge in [-0.1, -0.05) is 28.1 Å². The van der Waals surface area contributed by atoms with Gasteiger partial charge in [-0.05, 0) is 48.4 Å². The van der Waals surface area contributed by atoms with Crippen LogP contribution in [0.1, 0.15) is 15.9 Å². The van der Waals surface area contributed by atoms with E-state index in [4.69, 9.17) is 0 Å². The average Bonchev–Trinajstić information content (AvgIpc) is 2.42. The third-order valence-electron chi connectivity index (χ3n) is 2.81. The number of carboxylic acid groups (broad SMARTS) is 1. The van der Waals surface area contributed by atoms with E-state index in [2.05, 4.69) is 20.7 Å². The van der Waals surface area contributed by atoms with E-state index in [-0.39, 0.29) is 16.1 Å². The van der Waals surface area contributed by atoms with Gasteiger partial charge in [0.2, 0.25) is 0 Å². The topological polar surface area (TPSA) is 86.3 Å². The molecule has 0 unspecified atom stereocenters. The van der Waals surface area contributed by atoms with Crippen molar-refractivity contribution < 1.29 is 18.3 Å². The lowest BCUT2D eigenvalue weighted by Gasteiger charge is -2.10. The Morgan fingerprint density at radius 1 is 1.14 bits per heavy atom. The monoisotopic (exact) mass is 368 g/mol. The molecule has 0 spiro atoms. The summed E-state index contributed by atoms with van der Waals surface area (Å²) in [5.41, 5.74) is 1.06. The summed E-state index contributed by atoms with van der Waals surface area (Å²) in [6.45, 7) is 1.79. The van der Waals surface area contributed by atoms with Gasteiger partial charge in [-0.15, -0.1) is 0 Å². The van der Waals surface area contributed by atoms with Gasteiger partial charge in [0, 0.05) is 10.2 Å². The van der Waals surface area contributed by atoms with Crippen molar-refractivity contribution in [1.82, 2.24) is 0 Å². The Balaban J connectivity index is 2.28. The Hall–Kier alpha value is -1.86. The third kappa shape index (κ3) is 3.62. The predicted molar refractivity (Wildman–Crippen MR) is 80.5 cm³/mol. The minimum absolute atomic E-state index is 0.0163. The molecule has 21 heavy (non-hydrogen) atoms. The van der Waals surface area contributed by atoms with E-state index in [0.717, 1.165) is 10.0 Å². The number of aromatic carboxylic acids is 1. The van der Waals surface area contributed by atoms with Crippen LogP contribution in [-0.4, -0.2) is 14.4 Å². The fourth-order valence-corrected chi connectivity index (χ4v) is 3.06. The zero-order chi connectivity index (χ0) is 15.6. The first-order valence-electron chi connectivity index (χ1n) is 5.90. The minimum atomic E-state index is -3.72. The molecule has 0 aliphatic rings. The lowest BCUT2D eigenvalue weighted by Crippen LogP contribution is -2.22. The largest absolute Gasteiger partial charge is 0.545 e. The van der Waals surface area contributed by atoms with Gasteiger partial charge in [-0.3, -0.25) is 4.72 Å². The second-order valence-electron chi connectivity index (χ2n) is 4.38. The van der Waals surface area contributed by atoms with Gasteiger partial charge in [-0.25, -0.2) is 8.42 Å². The molecule has 2 aromatic rings. The summed E-state index contributed by atoms with van der Waals surface area (Å²) < 4.78 is 27.7. The summed E-state index contributed by atoms with van der Waals surface area (Å²) in [5.74, 6) is -1.31. The van der Waals surface area contributed by atoms with Crippen molar-refractivity contribution in [3.05, 3.63) is 58.1 Å². The first kappa shape index (κ1) is 15.5. The first-order chi connectivity index (χ1) is 9.79.